The van der Waals surface area contributed by atoms with Crippen LogP contribution in [0.3, 0.4) is 0 Å². The number of nitrogens with zero attached hydrogens (tertiary/aromatic N) is 6. The fraction of sp³-hybridized carbons (Fsp3) is 0. The molecule has 0 aliphatic carbocycles. The topological polar surface area (TPSA) is 45.5 Å². The molecule has 5 heterocycles. The van der Waals surface area contributed by atoms with Gasteiger partial charge in [0, 0.05) is 71.3 Å². The molecule has 11 aromatic carbocycles. The third kappa shape index (κ3) is 6.41. The maximum Gasteiger partial charge on any atom is 0.235 e. The number of rotatable bonds is 7. The molecule has 0 spiro atoms. The van der Waals surface area contributed by atoms with Crippen molar-refractivity contribution in [2.75, 3.05) is 0 Å². The van der Waals surface area contributed by atoms with E-state index in [1.54, 1.807) is 0 Å². The Bertz CT molecular complexity index is 4920. The first-order valence-corrected chi connectivity index (χ1v) is 25.9. The molecule has 0 amide bonds. The fourth-order valence-electron chi connectivity index (χ4n) is 12.2. The van der Waals surface area contributed by atoms with E-state index in [0.717, 1.165) is 78.0 Å². The van der Waals surface area contributed by atoms with Gasteiger partial charge in [0.15, 0.2) is 0 Å². The van der Waals surface area contributed by atoms with Crippen LogP contribution in [-0.2, 0) is 0 Å². The molecule has 0 N–H and O–H groups in total. The molecule has 354 valence electrons. The van der Waals surface area contributed by atoms with E-state index in [9.17, 15) is 0 Å². The molecule has 0 unspecified atom stereocenters. The van der Waals surface area contributed by atoms with Crippen molar-refractivity contribution in [3.8, 4) is 56.7 Å². The quantitative estimate of drug-likeness (QED) is 0.160. The van der Waals surface area contributed by atoms with Gasteiger partial charge in [-0.05, 0) is 114 Å². The van der Waals surface area contributed by atoms with Gasteiger partial charge in [0.2, 0.25) is 5.95 Å². The van der Waals surface area contributed by atoms with Crippen LogP contribution in [0.15, 0.2) is 267 Å². The van der Waals surface area contributed by atoms with E-state index in [1.807, 2.05) is 0 Å². The Morgan fingerprint density at radius 3 is 1.01 bits per heavy atom. The van der Waals surface area contributed by atoms with Crippen molar-refractivity contribution in [1.29, 1.82) is 0 Å². The zero-order valence-corrected chi connectivity index (χ0v) is 41.1. The van der Waals surface area contributed by atoms with Crippen LogP contribution in [0.5, 0.6) is 0 Å². The lowest BCUT2D eigenvalue weighted by molar-refractivity contribution is 0.995. The first-order valence-electron chi connectivity index (χ1n) is 25.9. The summed E-state index contributed by atoms with van der Waals surface area (Å²) in [4.78, 5) is 10.8. The van der Waals surface area contributed by atoms with Crippen molar-refractivity contribution in [3.63, 3.8) is 0 Å². The molecule has 5 aromatic heterocycles. The zero-order chi connectivity index (χ0) is 49.8. The molecule has 0 bridgehead atoms. The predicted molar refractivity (Wildman–Crippen MR) is 316 cm³/mol. The second-order valence-corrected chi connectivity index (χ2v) is 19.8. The standard InChI is InChI=1S/C70H44N6/c1-3-17-45(18-4-1)60-44-61(46-31-35-50(36-32-46)74-65-29-15-10-25-56(65)59-43-51(37-40-68(59)74)75-62-26-12-7-21-52(62)53-22-8-13-27-63(53)75)72-70(71-60)76-66-30-16-11-24-55(66)58-42-48(34-39-69(58)76)47-33-38-67-57(41-47)54-23-9-14-28-64(54)73(67)49-19-5-2-6-20-49/h1-44H. The highest BCUT2D eigenvalue weighted by Gasteiger charge is 2.21. The SMILES string of the molecule is c1ccc(-c2cc(-c3ccc(-n4c5ccccc5c5cc(-n6c7ccccc7c7ccccc76)ccc54)cc3)nc(-n3c4ccccc4c4cc(-c5ccc6c(c5)c5ccccc5n6-c5ccccc5)ccc43)n2)cc1. The Kier molecular flexibility index (Phi) is 9.23. The average molecular weight is 969 g/mol. The Morgan fingerprint density at radius 2 is 0.513 bits per heavy atom. The molecule has 6 nitrogen and oxygen atoms in total. The summed E-state index contributed by atoms with van der Waals surface area (Å²) in [6.07, 6.45) is 0. The Morgan fingerprint density at radius 1 is 0.197 bits per heavy atom. The Balaban J connectivity index is 0.814. The number of aromatic nitrogens is 6. The zero-order valence-electron chi connectivity index (χ0n) is 41.1. The Hall–Kier alpha value is -10.3. The van der Waals surface area contributed by atoms with Crippen LogP contribution in [0.2, 0.25) is 0 Å². The smallest absolute Gasteiger partial charge is 0.235 e. The van der Waals surface area contributed by atoms with Crippen LogP contribution in [-0.4, -0.2) is 28.2 Å². The lowest BCUT2D eigenvalue weighted by atomic mass is 10.0. The van der Waals surface area contributed by atoms with Crippen molar-refractivity contribution in [1.82, 2.24) is 28.2 Å². The van der Waals surface area contributed by atoms with Gasteiger partial charge >= 0.3 is 0 Å². The maximum absolute atomic E-state index is 5.45. The summed E-state index contributed by atoms with van der Waals surface area (Å²) in [5.74, 6) is 0.621. The second kappa shape index (κ2) is 16.6. The van der Waals surface area contributed by atoms with Crippen LogP contribution in [0.25, 0.3) is 144 Å². The van der Waals surface area contributed by atoms with Gasteiger partial charge < -0.3 is 13.7 Å². The van der Waals surface area contributed by atoms with Crippen LogP contribution in [0.4, 0.5) is 0 Å². The molecule has 0 aliphatic heterocycles. The highest BCUT2D eigenvalue weighted by atomic mass is 15.2. The van der Waals surface area contributed by atoms with Crippen LogP contribution < -0.4 is 0 Å². The van der Waals surface area contributed by atoms with Crippen LogP contribution >= 0.6 is 0 Å². The van der Waals surface area contributed by atoms with E-state index in [4.69, 9.17) is 9.97 Å². The number of para-hydroxylation sites is 6. The number of fused-ring (bicyclic) bond motifs is 12. The molecule has 0 atom stereocenters. The third-order valence-corrected chi connectivity index (χ3v) is 15.6. The summed E-state index contributed by atoms with van der Waals surface area (Å²) in [5, 5.41) is 9.69. The largest absolute Gasteiger partial charge is 0.309 e. The van der Waals surface area contributed by atoms with Gasteiger partial charge in [-0.15, -0.1) is 0 Å². The third-order valence-electron chi connectivity index (χ3n) is 15.6. The molecule has 0 fully saturated rings. The normalized spacial score (nSPS) is 11.9. The first kappa shape index (κ1) is 42.2. The van der Waals surface area contributed by atoms with Crippen molar-refractivity contribution in [2.45, 2.75) is 0 Å². The van der Waals surface area contributed by atoms with Gasteiger partial charge in [-0.25, -0.2) is 9.97 Å². The van der Waals surface area contributed by atoms with Gasteiger partial charge in [-0.3, -0.25) is 4.57 Å². The maximum atomic E-state index is 5.45. The first-order chi connectivity index (χ1) is 37.7. The molecule has 16 aromatic rings. The van der Waals surface area contributed by atoms with Gasteiger partial charge in [-0.1, -0.05) is 164 Å². The minimum atomic E-state index is 0.621. The van der Waals surface area contributed by atoms with E-state index in [1.165, 1.54) is 59.9 Å². The van der Waals surface area contributed by atoms with Gasteiger partial charge in [0.25, 0.3) is 0 Å². The van der Waals surface area contributed by atoms with Crippen molar-refractivity contribution in [2.24, 2.45) is 0 Å². The lowest BCUT2D eigenvalue weighted by Gasteiger charge is -2.13. The summed E-state index contributed by atoms with van der Waals surface area (Å²) in [5.41, 5.74) is 18.6. The van der Waals surface area contributed by atoms with E-state index < -0.39 is 0 Å². The van der Waals surface area contributed by atoms with Crippen molar-refractivity contribution >= 4 is 87.2 Å². The predicted octanol–water partition coefficient (Wildman–Crippen LogP) is 17.9. The highest BCUT2D eigenvalue weighted by molar-refractivity contribution is 6.14. The van der Waals surface area contributed by atoms with Crippen LogP contribution in [0, 0.1) is 0 Å². The molecular formula is C70H44N6. The summed E-state index contributed by atoms with van der Waals surface area (Å²) in [6, 6.07) is 96.2. The molecule has 76 heavy (non-hydrogen) atoms. The lowest BCUT2D eigenvalue weighted by Crippen LogP contribution is -2.04. The Labute approximate surface area is 436 Å². The summed E-state index contributed by atoms with van der Waals surface area (Å²) in [7, 11) is 0. The van der Waals surface area contributed by atoms with E-state index >= 15 is 0 Å². The van der Waals surface area contributed by atoms with Crippen molar-refractivity contribution in [3.05, 3.63) is 267 Å². The van der Waals surface area contributed by atoms with Crippen molar-refractivity contribution < 1.29 is 0 Å². The number of hydrogen-bond acceptors (Lipinski definition) is 2. The number of benzene rings is 11. The molecular weight excluding hydrogens is 925 g/mol. The highest BCUT2D eigenvalue weighted by Crippen LogP contribution is 2.41. The molecule has 6 heteroatoms. The van der Waals surface area contributed by atoms with E-state index in [0.29, 0.717) is 5.95 Å². The summed E-state index contributed by atoms with van der Waals surface area (Å²) < 4.78 is 9.39. The molecule has 0 aliphatic rings. The number of hydrogen-bond donors (Lipinski definition) is 0. The molecule has 0 saturated carbocycles. The fourth-order valence-corrected chi connectivity index (χ4v) is 12.2. The summed E-state index contributed by atoms with van der Waals surface area (Å²) in [6.45, 7) is 0. The van der Waals surface area contributed by atoms with Crippen LogP contribution in [0.1, 0.15) is 0 Å². The van der Waals surface area contributed by atoms with Gasteiger partial charge in [0.1, 0.15) is 0 Å². The molecule has 0 radical (unpaired) electrons. The van der Waals surface area contributed by atoms with Gasteiger partial charge in [0.05, 0.1) is 55.5 Å². The second-order valence-electron chi connectivity index (χ2n) is 19.8. The van der Waals surface area contributed by atoms with E-state index in [2.05, 4.69) is 285 Å². The van der Waals surface area contributed by atoms with Gasteiger partial charge in [-0.2, -0.15) is 0 Å². The average Bonchev–Trinajstić information content (AvgIpc) is 4.25. The molecule has 16 rings (SSSR count). The summed E-state index contributed by atoms with van der Waals surface area (Å²) >= 11 is 0. The van der Waals surface area contributed by atoms with E-state index in [-0.39, 0.29) is 0 Å². The minimum Gasteiger partial charge on any atom is -0.309 e. The minimum absolute atomic E-state index is 0.621. The monoisotopic (exact) mass is 968 g/mol. The molecule has 0 saturated heterocycles.